The number of rotatable bonds is 6. The van der Waals surface area contributed by atoms with E-state index >= 15 is 0 Å². The van der Waals surface area contributed by atoms with Crippen molar-refractivity contribution in [2.75, 3.05) is 20.2 Å². The van der Waals surface area contributed by atoms with E-state index < -0.39 is 0 Å². The van der Waals surface area contributed by atoms with Crippen molar-refractivity contribution < 1.29 is 9.53 Å². The number of ether oxygens (including phenoxy) is 1. The van der Waals surface area contributed by atoms with Gasteiger partial charge in [0.1, 0.15) is 12.4 Å². The van der Waals surface area contributed by atoms with Gasteiger partial charge in [-0.2, -0.15) is 0 Å². The molecule has 1 unspecified atom stereocenters. The van der Waals surface area contributed by atoms with Gasteiger partial charge in [0.25, 0.3) is 0 Å². The van der Waals surface area contributed by atoms with Gasteiger partial charge in [0.05, 0.1) is 11.4 Å². The van der Waals surface area contributed by atoms with E-state index in [4.69, 9.17) is 4.74 Å². The van der Waals surface area contributed by atoms with Crippen LogP contribution in [0.5, 0.6) is 5.75 Å². The first-order valence-corrected chi connectivity index (χ1v) is 7.01. The monoisotopic (exact) mass is 313 g/mol. The first kappa shape index (κ1) is 15.0. The molecule has 0 radical (unpaired) electrons. The zero-order valence-electron chi connectivity index (χ0n) is 11.1. The average Bonchev–Trinajstić information content (AvgIpc) is 2.38. The summed E-state index contributed by atoms with van der Waals surface area (Å²) in [4.78, 5) is 13.5. The zero-order valence-corrected chi connectivity index (χ0v) is 12.7. The maximum absolute atomic E-state index is 12.0. The minimum absolute atomic E-state index is 0.0988. The zero-order chi connectivity index (χ0) is 13.5. The Kier molecular flexibility index (Phi) is 6.19. The third kappa shape index (κ3) is 4.69. The third-order valence-corrected chi connectivity index (χ3v) is 4.09. The van der Waals surface area contributed by atoms with Gasteiger partial charge in [0.2, 0.25) is 5.91 Å². The van der Waals surface area contributed by atoms with E-state index in [2.05, 4.69) is 15.9 Å². The first-order valence-electron chi connectivity index (χ1n) is 6.09. The van der Waals surface area contributed by atoms with E-state index in [-0.39, 0.29) is 16.7 Å². The van der Waals surface area contributed by atoms with Crippen LogP contribution >= 0.6 is 15.9 Å². The summed E-state index contributed by atoms with van der Waals surface area (Å²) in [6, 6.07) is 9.61. The van der Waals surface area contributed by atoms with Gasteiger partial charge in [0, 0.05) is 7.05 Å². The van der Waals surface area contributed by atoms with Gasteiger partial charge in [-0.15, -0.1) is 0 Å². The van der Waals surface area contributed by atoms with Gasteiger partial charge < -0.3 is 9.64 Å². The normalized spacial score (nSPS) is 12.3. The lowest BCUT2D eigenvalue weighted by Crippen LogP contribution is -2.38. The van der Waals surface area contributed by atoms with E-state index in [1.165, 1.54) is 0 Å². The molecule has 0 aliphatic carbocycles. The Morgan fingerprint density at radius 2 is 1.94 bits per heavy atom. The SMILES string of the molecule is CC(C)C(Br)C(=O)N(C)CCOc1ccccc1. The number of carbonyl (C=O) groups is 1. The van der Waals surface area contributed by atoms with Gasteiger partial charge in [0.15, 0.2) is 0 Å². The molecule has 0 spiro atoms. The van der Waals surface area contributed by atoms with Crippen molar-refractivity contribution in [2.24, 2.45) is 5.92 Å². The van der Waals surface area contributed by atoms with E-state index in [1.807, 2.05) is 44.2 Å². The molecule has 4 heteroatoms. The largest absolute Gasteiger partial charge is 0.492 e. The maximum Gasteiger partial charge on any atom is 0.236 e. The number of nitrogens with zero attached hydrogens (tertiary/aromatic N) is 1. The Morgan fingerprint density at radius 1 is 1.33 bits per heavy atom. The molecule has 0 aliphatic heterocycles. The molecule has 18 heavy (non-hydrogen) atoms. The Bertz CT molecular complexity index is 367. The fourth-order valence-corrected chi connectivity index (χ4v) is 1.77. The lowest BCUT2D eigenvalue weighted by molar-refractivity contribution is -0.130. The summed E-state index contributed by atoms with van der Waals surface area (Å²) in [6.45, 7) is 5.13. The van der Waals surface area contributed by atoms with Crippen LogP contribution in [0.3, 0.4) is 0 Å². The summed E-state index contributed by atoms with van der Waals surface area (Å²) in [5.74, 6) is 1.22. The van der Waals surface area contributed by atoms with Crippen molar-refractivity contribution in [3.63, 3.8) is 0 Å². The number of benzene rings is 1. The molecule has 0 fully saturated rings. The van der Waals surface area contributed by atoms with Crippen LogP contribution in [0.25, 0.3) is 0 Å². The van der Waals surface area contributed by atoms with Crippen LogP contribution in [0.2, 0.25) is 0 Å². The highest BCUT2D eigenvalue weighted by atomic mass is 79.9. The molecule has 0 aliphatic rings. The fourth-order valence-electron chi connectivity index (χ4n) is 1.42. The smallest absolute Gasteiger partial charge is 0.236 e. The topological polar surface area (TPSA) is 29.5 Å². The molecule has 1 aromatic rings. The Labute approximate surface area is 117 Å². The number of alkyl halides is 1. The van der Waals surface area contributed by atoms with Crippen LogP contribution in [0.1, 0.15) is 13.8 Å². The standard InChI is InChI=1S/C14H20BrNO2/c1-11(2)13(15)14(17)16(3)9-10-18-12-7-5-4-6-8-12/h4-8,11,13H,9-10H2,1-3H3. The highest BCUT2D eigenvalue weighted by Crippen LogP contribution is 2.14. The van der Waals surface area contributed by atoms with Crippen LogP contribution in [-0.2, 0) is 4.79 Å². The number of amides is 1. The van der Waals surface area contributed by atoms with Gasteiger partial charge in [-0.25, -0.2) is 0 Å². The lowest BCUT2D eigenvalue weighted by Gasteiger charge is -2.22. The van der Waals surface area contributed by atoms with Gasteiger partial charge in [-0.05, 0) is 18.1 Å². The second-order valence-corrected chi connectivity index (χ2v) is 5.55. The lowest BCUT2D eigenvalue weighted by atomic mass is 10.1. The molecular formula is C14H20BrNO2. The minimum atomic E-state index is -0.126. The average molecular weight is 314 g/mol. The Balaban J connectivity index is 2.33. The quantitative estimate of drug-likeness (QED) is 0.756. The number of hydrogen-bond acceptors (Lipinski definition) is 2. The van der Waals surface area contributed by atoms with Crippen LogP contribution in [-0.4, -0.2) is 35.8 Å². The predicted molar refractivity (Wildman–Crippen MR) is 77.1 cm³/mol. The minimum Gasteiger partial charge on any atom is -0.492 e. The molecular weight excluding hydrogens is 294 g/mol. The van der Waals surface area contributed by atoms with Crippen LogP contribution in [0, 0.1) is 5.92 Å². The molecule has 0 heterocycles. The van der Waals surface area contributed by atoms with Crippen molar-refractivity contribution >= 4 is 21.8 Å². The summed E-state index contributed by atoms with van der Waals surface area (Å²) in [5, 5.41) is 0. The van der Waals surface area contributed by atoms with Crippen molar-refractivity contribution in [3.8, 4) is 5.75 Å². The number of carbonyl (C=O) groups excluding carboxylic acids is 1. The molecule has 1 amide bonds. The number of para-hydroxylation sites is 1. The second-order valence-electron chi connectivity index (χ2n) is 4.57. The summed E-state index contributed by atoms with van der Waals surface area (Å²) in [6.07, 6.45) is 0. The van der Waals surface area contributed by atoms with E-state index in [0.29, 0.717) is 13.2 Å². The molecule has 1 aromatic carbocycles. The van der Waals surface area contributed by atoms with E-state index in [9.17, 15) is 4.79 Å². The van der Waals surface area contributed by atoms with E-state index in [1.54, 1.807) is 11.9 Å². The summed E-state index contributed by atoms with van der Waals surface area (Å²) < 4.78 is 5.56. The van der Waals surface area contributed by atoms with Crippen molar-refractivity contribution in [2.45, 2.75) is 18.7 Å². The molecule has 0 saturated heterocycles. The maximum atomic E-state index is 12.0. The van der Waals surface area contributed by atoms with Crippen molar-refractivity contribution in [3.05, 3.63) is 30.3 Å². The predicted octanol–water partition coefficient (Wildman–Crippen LogP) is 2.94. The molecule has 100 valence electrons. The van der Waals surface area contributed by atoms with Crippen molar-refractivity contribution in [1.29, 1.82) is 0 Å². The molecule has 0 aromatic heterocycles. The summed E-state index contributed by atoms with van der Waals surface area (Å²) >= 11 is 3.41. The molecule has 1 atom stereocenters. The first-order chi connectivity index (χ1) is 8.52. The van der Waals surface area contributed by atoms with Gasteiger partial charge in [-0.1, -0.05) is 48.0 Å². The highest BCUT2D eigenvalue weighted by molar-refractivity contribution is 9.10. The molecule has 0 saturated carbocycles. The van der Waals surface area contributed by atoms with Gasteiger partial charge >= 0.3 is 0 Å². The number of hydrogen-bond donors (Lipinski definition) is 0. The third-order valence-electron chi connectivity index (χ3n) is 2.64. The van der Waals surface area contributed by atoms with E-state index in [0.717, 1.165) is 5.75 Å². The molecule has 0 bridgehead atoms. The number of halogens is 1. The highest BCUT2D eigenvalue weighted by Gasteiger charge is 2.21. The second kappa shape index (κ2) is 7.41. The Hall–Kier alpha value is -1.03. The van der Waals surface area contributed by atoms with Crippen LogP contribution < -0.4 is 4.74 Å². The molecule has 0 N–H and O–H groups in total. The van der Waals surface area contributed by atoms with Crippen molar-refractivity contribution in [1.82, 2.24) is 4.90 Å². The summed E-state index contributed by atoms with van der Waals surface area (Å²) in [5.41, 5.74) is 0. The summed E-state index contributed by atoms with van der Waals surface area (Å²) in [7, 11) is 1.80. The fraction of sp³-hybridized carbons (Fsp3) is 0.500. The molecule has 1 rings (SSSR count). The molecule has 3 nitrogen and oxygen atoms in total. The van der Waals surface area contributed by atoms with Crippen LogP contribution in [0.4, 0.5) is 0 Å². The van der Waals surface area contributed by atoms with Gasteiger partial charge in [-0.3, -0.25) is 4.79 Å². The van der Waals surface area contributed by atoms with Crippen LogP contribution in [0.15, 0.2) is 30.3 Å². The number of likely N-dealkylation sites (N-methyl/N-ethyl adjacent to an activating group) is 1. The Morgan fingerprint density at radius 3 is 2.50 bits per heavy atom.